The fraction of sp³-hybridized carbons (Fsp3) is 0.190. The number of nitrogens with zero attached hydrogens (tertiary/aromatic N) is 2. The molecule has 3 aromatic rings. The molecule has 1 aliphatic heterocycles. The van der Waals surface area contributed by atoms with Gasteiger partial charge in [0.1, 0.15) is 5.82 Å². The summed E-state index contributed by atoms with van der Waals surface area (Å²) in [5.74, 6) is 1.65. The lowest BCUT2D eigenvalue weighted by Crippen LogP contribution is -2.30. The minimum Gasteiger partial charge on any atom is -0.454 e. The average molecular weight is 377 g/mol. The number of likely N-dealkylation sites (N-methyl/N-ethyl adjacent to an activating group) is 1. The molecule has 1 N–H and O–H groups in total. The molecule has 7 heteroatoms. The van der Waals surface area contributed by atoms with E-state index >= 15 is 0 Å². The molecule has 2 aromatic carbocycles. The highest BCUT2D eigenvalue weighted by molar-refractivity contribution is 5.91. The van der Waals surface area contributed by atoms with Crippen LogP contribution in [0.1, 0.15) is 18.3 Å². The maximum absolute atomic E-state index is 12.6. The second kappa shape index (κ2) is 7.56. The van der Waals surface area contributed by atoms with Crippen LogP contribution in [-0.4, -0.2) is 34.1 Å². The van der Waals surface area contributed by atoms with Gasteiger partial charge in [0.05, 0.1) is 17.4 Å². The monoisotopic (exact) mass is 377 g/mol. The Hall–Kier alpha value is -3.61. The molecule has 1 aromatic heterocycles. The van der Waals surface area contributed by atoms with Crippen molar-refractivity contribution in [3.8, 4) is 11.5 Å². The van der Waals surface area contributed by atoms with Gasteiger partial charge in [-0.25, -0.2) is 4.98 Å². The lowest BCUT2D eigenvalue weighted by molar-refractivity contribution is -0.126. The molecule has 0 radical (unpaired) electrons. The molecule has 2 heterocycles. The van der Waals surface area contributed by atoms with Gasteiger partial charge in [-0.2, -0.15) is 0 Å². The van der Waals surface area contributed by atoms with E-state index in [1.165, 1.54) is 6.08 Å². The summed E-state index contributed by atoms with van der Waals surface area (Å²) in [4.78, 5) is 33.6. The first-order valence-corrected chi connectivity index (χ1v) is 8.98. The smallest absolute Gasteiger partial charge is 0.258 e. The van der Waals surface area contributed by atoms with Crippen LogP contribution in [0.5, 0.6) is 11.5 Å². The Kier molecular flexibility index (Phi) is 4.80. The standard InChI is InChI=1S/C21H19N3O4/c1-2-24(12-19-22-16-6-4-3-5-15(16)21(26)23-19)20(25)10-8-14-7-9-17-18(11-14)28-13-27-17/h3-11H,2,12-13H2,1H3,(H,22,23,26)/b10-8-. The summed E-state index contributed by atoms with van der Waals surface area (Å²) in [7, 11) is 0. The summed E-state index contributed by atoms with van der Waals surface area (Å²) >= 11 is 0. The van der Waals surface area contributed by atoms with E-state index in [9.17, 15) is 9.59 Å². The number of amides is 1. The molecule has 1 amide bonds. The molecule has 0 unspecified atom stereocenters. The summed E-state index contributed by atoms with van der Waals surface area (Å²) in [5, 5.41) is 0.531. The number of carbonyl (C=O) groups is 1. The van der Waals surface area contributed by atoms with Crippen LogP contribution in [0.3, 0.4) is 0 Å². The minimum absolute atomic E-state index is 0.170. The van der Waals surface area contributed by atoms with Crippen molar-refractivity contribution < 1.29 is 14.3 Å². The van der Waals surface area contributed by atoms with Crippen molar-refractivity contribution >= 4 is 22.9 Å². The molecule has 0 atom stereocenters. The highest BCUT2D eigenvalue weighted by Gasteiger charge is 2.14. The third-order valence-corrected chi connectivity index (χ3v) is 4.51. The zero-order valence-corrected chi connectivity index (χ0v) is 15.3. The Balaban J connectivity index is 1.50. The molecule has 0 fully saturated rings. The van der Waals surface area contributed by atoms with Crippen LogP contribution in [0.25, 0.3) is 17.0 Å². The van der Waals surface area contributed by atoms with Gasteiger partial charge in [0.15, 0.2) is 11.5 Å². The van der Waals surface area contributed by atoms with E-state index in [1.807, 2.05) is 31.2 Å². The van der Waals surface area contributed by atoms with Gasteiger partial charge in [-0.05, 0) is 42.8 Å². The number of hydrogen-bond acceptors (Lipinski definition) is 5. The normalized spacial score (nSPS) is 12.6. The number of fused-ring (bicyclic) bond motifs is 2. The third-order valence-electron chi connectivity index (χ3n) is 4.51. The minimum atomic E-state index is -0.208. The number of hydrogen-bond donors (Lipinski definition) is 1. The second-order valence-electron chi connectivity index (χ2n) is 6.33. The van der Waals surface area contributed by atoms with Crippen LogP contribution in [0.15, 0.2) is 53.3 Å². The van der Waals surface area contributed by atoms with Crippen LogP contribution in [-0.2, 0) is 11.3 Å². The Bertz CT molecular complexity index is 1120. The summed E-state index contributed by atoms with van der Waals surface area (Å²) in [6.45, 7) is 2.80. The largest absolute Gasteiger partial charge is 0.454 e. The van der Waals surface area contributed by atoms with Crippen molar-refractivity contribution in [1.29, 1.82) is 0 Å². The van der Waals surface area contributed by atoms with Gasteiger partial charge in [-0.1, -0.05) is 18.2 Å². The van der Waals surface area contributed by atoms with Gasteiger partial charge < -0.3 is 19.4 Å². The SMILES string of the molecule is CCN(Cc1nc2ccccc2c(=O)[nH]1)C(=O)/C=C\c1ccc2c(c1)OCO2. The first-order chi connectivity index (χ1) is 13.6. The van der Waals surface area contributed by atoms with Gasteiger partial charge in [0.2, 0.25) is 12.7 Å². The predicted octanol–water partition coefficient (Wildman–Crippen LogP) is 2.71. The summed E-state index contributed by atoms with van der Waals surface area (Å²) < 4.78 is 10.6. The van der Waals surface area contributed by atoms with Gasteiger partial charge >= 0.3 is 0 Å². The zero-order chi connectivity index (χ0) is 19.5. The van der Waals surface area contributed by atoms with Gasteiger partial charge in [-0.15, -0.1) is 0 Å². The maximum Gasteiger partial charge on any atom is 0.258 e. The Labute approximate surface area is 161 Å². The highest BCUT2D eigenvalue weighted by atomic mass is 16.7. The van der Waals surface area contributed by atoms with Crippen molar-refractivity contribution in [3.05, 3.63) is 70.3 Å². The van der Waals surface area contributed by atoms with Crippen molar-refractivity contribution in [2.24, 2.45) is 0 Å². The lowest BCUT2D eigenvalue weighted by Gasteiger charge is -2.18. The molecule has 7 nitrogen and oxygen atoms in total. The highest BCUT2D eigenvalue weighted by Crippen LogP contribution is 2.32. The van der Waals surface area contributed by atoms with Crippen molar-refractivity contribution in [2.45, 2.75) is 13.5 Å². The van der Waals surface area contributed by atoms with Crippen LogP contribution >= 0.6 is 0 Å². The van der Waals surface area contributed by atoms with Crippen LogP contribution in [0.4, 0.5) is 0 Å². The fourth-order valence-electron chi connectivity index (χ4n) is 3.03. The van der Waals surface area contributed by atoms with Crippen molar-refractivity contribution in [2.75, 3.05) is 13.3 Å². The number of aromatic amines is 1. The number of aromatic nitrogens is 2. The predicted molar refractivity (Wildman–Crippen MR) is 105 cm³/mol. The number of nitrogens with one attached hydrogen (secondary N) is 1. The lowest BCUT2D eigenvalue weighted by atomic mass is 10.2. The molecule has 142 valence electrons. The van der Waals surface area contributed by atoms with Crippen LogP contribution in [0.2, 0.25) is 0 Å². The van der Waals surface area contributed by atoms with Crippen LogP contribution < -0.4 is 15.0 Å². The zero-order valence-electron chi connectivity index (χ0n) is 15.3. The second-order valence-corrected chi connectivity index (χ2v) is 6.33. The molecular weight excluding hydrogens is 358 g/mol. The third kappa shape index (κ3) is 3.59. The first-order valence-electron chi connectivity index (χ1n) is 8.98. The first kappa shape index (κ1) is 17.8. The van der Waals surface area contributed by atoms with E-state index in [4.69, 9.17) is 9.47 Å². The summed E-state index contributed by atoms with van der Waals surface area (Å²) in [6.07, 6.45) is 3.23. The molecule has 0 saturated carbocycles. The number of benzene rings is 2. The number of rotatable bonds is 5. The molecular formula is C21H19N3O4. The van der Waals surface area contributed by atoms with Gasteiger partial charge in [-0.3, -0.25) is 9.59 Å². The fourth-order valence-corrected chi connectivity index (χ4v) is 3.03. The molecule has 0 bridgehead atoms. The maximum atomic E-state index is 12.6. The molecule has 1 aliphatic rings. The Morgan fingerprint density at radius 1 is 1.21 bits per heavy atom. The molecule has 4 rings (SSSR count). The molecule has 0 spiro atoms. The van der Waals surface area contributed by atoms with E-state index in [0.717, 1.165) is 5.56 Å². The van der Waals surface area contributed by atoms with E-state index in [0.29, 0.717) is 34.8 Å². The van der Waals surface area contributed by atoms with E-state index in [2.05, 4.69) is 9.97 Å². The molecule has 28 heavy (non-hydrogen) atoms. The van der Waals surface area contributed by atoms with E-state index in [1.54, 1.807) is 29.2 Å². The van der Waals surface area contributed by atoms with Gasteiger partial charge in [0, 0.05) is 12.6 Å². The van der Waals surface area contributed by atoms with Crippen LogP contribution in [0, 0.1) is 0 Å². The topological polar surface area (TPSA) is 84.5 Å². The number of carbonyl (C=O) groups excluding carboxylic acids is 1. The number of ether oxygens (including phenoxy) is 2. The summed E-state index contributed by atoms with van der Waals surface area (Å²) in [5.41, 5.74) is 1.24. The Morgan fingerprint density at radius 2 is 2.04 bits per heavy atom. The number of para-hydroxylation sites is 1. The average Bonchev–Trinajstić information content (AvgIpc) is 3.18. The Morgan fingerprint density at radius 3 is 2.89 bits per heavy atom. The molecule has 0 aliphatic carbocycles. The van der Waals surface area contributed by atoms with Crippen molar-refractivity contribution in [1.82, 2.24) is 14.9 Å². The summed E-state index contributed by atoms with van der Waals surface area (Å²) in [6, 6.07) is 12.6. The molecule has 0 saturated heterocycles. The quantitative estimate of drug-likeness (QED) is 0.691. The van der Waals surface area contributed by atoms with E-state index < -0.39 is 0 Å². The van der Waals surface area contributed by atoms with Crippen molar-refractivity contribution in [3.63, 3.8) is 0 Å². The van der Waals surface area contributed by atoms with Gasteiger partial charge in [0.25, 0.3) is 5.56 Å². The van der Waals surface area contributed by atoms with E-state index in [-0.39, 0.29) is 24.8 Å². The number of H-pyrrole nitrogens is 1.